The first-order valence-electron chi connectivity index (χ1n) is 4.17. The second-order valence-electron chi connectivity index (χ2n) is 3.08. The molecular weight excluding hydrogens is 164 g/mol. The fraction of sp³-hybridized carbons (Fsp3) is 0.300. The Morgan fingerprint density at radius 2 is 2.31 bits per heavy atom. The lowest BCUT2D eigenvalue weighted by Crippen LogP contribution is -2.36. The van der Waals surface area contributed by atoms with E-state index in [4.69, 9.17) is 10.00 Å². The Kier molecular flexibility index (Phi) is 1.82. The third-order valence-electron chi connectivity index (χ3n) is 2.13. The quantitative estimate of drug-likeness (QED) is 0.596. The molecule has 1 aliphatic heterocycles. The van der Waals surface area contributed by atoms with Gasteiger partial charge in [0.25, 0.3) is 0 Å². The number of anilines is 1. The number of para-hydroxylation sites is 2. The highest BCUT2D eigenvalue weighted by atomic mass is 16.5. The van der Waals surface area contributed by atoms with Crippen molar-refractivity contribution in [2.24, 2.45) is 0 Å². The van der Waals surface area contributed by atoms with Crippen LogP contribution >= 0.6 is 0 Å². The van der Waals surface area contributed by atoms with Crippen LogP contribution in [0.4, 0.5) is 5.69 Å². The second kappa shape index (κ2) is 2.98. The summed E-state index contributed by atoms with van der Waals surface area (Å²) in [6, 6.07) is 9.86. The van der Waals surface area contributed by atoms with Gasteiger partial charge in [-0.25, -0.2) is 0 Å². The summed E-state index contributed by atoms with van der Waals surface area (Å²) in [5.41, 5.74) is 1.05. The van der Waals surface area contributed by atoms with Crippen molar-refractivity contribution in [2.45, 2.75) is 6.10 Å². The molecule has 0 N–H and O–H groups in total. The van der Waals surface area contributed by atoms with Crippen molar-refractivity contribution in [1.29, 1.82) is 5.26 Å². The summed E-state index contributed by atoms with van der Waals surface area (Å²) in [6.45, 7) is 0.632. The highest BCUT2D eigenvalue weighted by Crippen LogP contribution is 2.31. The molecule has 0 amide bonds. The van der Waals surface area contributed by atoms with Gasteiger partial charge in [-0.15, -0.1) is 0 Å². The van der Waals surface area contributed by atoms with Crippen molar-refractivity contribution >= 4 is 5.69 Å². The van der Waals surface area contributed by atoms with Gasteiger partial charge in [0.2, 0.25) is 6.10 Å². The van der Waals surface area contributed by atoms with Crippen molar-refractivity contribution in [1.82, 2.24) is 0 Å². The molecule has 0 aromatic heterocycles. The van der Waals surface area contributed by atoms with Crippen LogP contribution in [0.5, 0.6) is 5.75 Å². The fourth-order valence-electron chi connectivity index (χ4n) is 1.48. The van der Waals surface area contributed by atoms with Crippen LogP contribution in [0, 0.1) is 11.3 Å². The molecular formula is C10H10N2O. The van der Waals surface area contributed by atoms with Crippen LogP contribution in [0.1, 0.15) is 0 Å². The maximum absolute atomic E-state index is 8.73. The van der Waals surface area contributed by atoms with Gasteiger partial charge in [-0.3, -0.25) is 0 Å². The SMILES string of the molecule is CN1C[C@@H](C#N)Oc2ccccc21. The molecule has 1 heterocycles. The van der Waals surface area contributed by atoms with Gasteiger partial charge in [-0.05, 0) is 12.1 Å². The molecule has 0 saturated carbocycles. The summed E-state index contributed by atoms with van der Waals surface area (Å²) in [6.07, 6.45) is -0.347. The second-order valence-corrected chi connectivity index (χ2v) is 3.08. The van der Waals surface area contributed by atoms with Gasteiger partial charge in [-0.2, -0.15) is 5.26 Å². The number of ether oxygens (including phenoxy) is 1. The third-order valence-corrected chi connectivity index (χ3v) is 2.13. The van der Waals surface area contributed by atoms with Crippen molar-refractivity contribution in [3.05, 3.63) is 24.3 Å². The molecule has 0 spiro atoms. The molecule has 0 unspecified atom stereocenters. The van der Waals surface area contributed by atoms with Gasteiger partial charge in [0, 0.05) is 7.05 Å². The summed E-state index contributed by atoms with van der Waals surface area (Å²) in [4.78, 5) is 2.03. The van der Waals surface area contributed by atoms with E-state index < -0.39 is 0 Å². The highest BCUT2D eigenvalue weighted by Gasteiger charge is 2.21. The van der Waals surface area contributed by atoms with Crippen molar-refractivity contribution in [3.63, 3.8) is 0 Å². The van der Waals surface area contributed by atoms with E-state index in [0.717, 1.165) is 11.4 Å². The zero-order chi connectivity index (χ0) is 9.26. The van der Waals surface area contributed by atoms with Crippen LogP contribution in [-0.2, 0) is 0 Å². The molecule has 1 aliphatic rings. The van der Waals surface area contributed by atoms with Gasteiger partial charge < -0.3 is 9.64 Å². The zero-order valence-corrected chi connectivity index (χ0v) is 7.40. The molecule has 1 aromatic carbocycles. The van der Waals surface area contributed by atoms with Crippen LogP contribution in [0.3, 0.4) is 0 Å². The van der Waals surface area contributed by atoms with Gasteiger partial charge in [-0.1, -0.05) is 12.1 Å². The summed E-state index contributed by atoms with van der Waals surface area (Å²) >= 11 is 0. The molecule has 3 nitrogen and oxygen atoms in total. The van der Waals surface area contributed by atoms with E-state index in [2.05, 4.69) is 6.07 Å². The first kappa shape index (κ1) is 7.93. The van der Waals surface area contributed by atoms with Crippen LogP contribution in [0.25, 0.3) is 0 Å². The molecule has 0 bridgehead atoms. The molecule has 1 aromatic rings. The Hall–Kier alpha value is -1.69. The van der Waals surface area contributed by atoms with E-state index in [1.807, 2.05) is 36.2 Å². The number of hydrogen-bond donors (Lipinski definition) is 0. The van der Waals surface area contributed by atoms with Crippen LogP contribution in [0.15, 0.2) is 24.3 Å². The first-order chi connectivity index (χ1) is 6.31. The Balaban J connectivity index is 2.38. The monoisotopic (exact) mass is 174 g/mol. The van der Waals surface area contributed by atoms with Crippen LogP contribution in [0.2, 0.25) is 0 Å². The maximum Gasteiger partial charge on any atom is 0.201 e. The summed E-state index contributed by atoms with van der Waals surface area (Å²) < 4.78 is 5.45. The van der Waals surface area contributed by atoms with Gasteiger partial charge in [0.05, 0.1) is 12.2 Å². The summed E-state index contributed by atoms with van der Waals surface area (Å²) in [7, 11) is 1.96. The van der Waals surface area contributed by atoms with Gasteiger partial charge in [0.1, 0.15) is 11.8 Å². The van der Waals surface area contributed by atoms with Crippen LogP contribution in [-0.4, -0.2) is 19.7 Å². The largest absolute Gasteiger partial charge is 0.472 e. The van der Waals surface area contributed by atoms with Crippen LogP contribution < -0.4 is 9.64 Å². The smallest absolute Gasteiger partial charge is 0.201 e. The minimum Gasteiger partial charge on any atom is -0.472 e. The van der Waals surface area contributed by atoms with E-state index in [1.165, 1.54) is 0 Å². The highest BCUT2D eigenvalue weighted by molar-refractivity contribution is 5.59. The molecule has 2 rings (SSSR count). The van der Waals surface area contributed by atoms with Crippen molar-refractivity contribution in [2.75, 3.05) is 18.5 Å². The number of rotatable bonds is 0. The minimum absolute atomic E-state index is 0.347. The van der Waals surface area contributed by atoms with E-state index >= 15 is 0 Å². The summed E-state index contributed by atoms with van der Waals surface area (Å²) in [5, 5.41) is 8.73. The molecule has 0 fully saturated rings. The number of benzene rings is 1. The van der Waals surface area contributed by atoms with Crippen molar-refractivity contribution < 1.29 is 4.74 Å². The number of likely N-dealkylation sites (N-methyl/N-ethyl adjacent to an activating group) is 1. The number of fused-ring (bicyclic) bond motifs is 1. The van der Waals surface area contributed by atoms with E-state index in [9.17, 15) is 0 Å². The molecule has 0 radical (unpaired) electrons. The Labute approximate surface area is 77.2 Å². The predicted molar refractivity (Wildman–Crippen MR) is 49.7 cm³/mol. The molecule has 13 heavy (non-hydrogen) atoms. The number of hydrogen-bond acceptors (Lipinski definition) is 3. The van der Waals surface area contributed by atoms with E-state index in [0.29, 0.717) is 6.54 Å². The lowest BCUT2D eigenvalue weighted by Gasteiger charge is -2.30. The van der Waals surface area contributed by atoms with E-state index in [1.54, 1.807) is 0 Å². The topological polar surface area (TPSA) is 36.3 Å². The molecule has 3 heteroatoms. The Morgan fingerprint density at radius 1 is 1.54 bits per heavy atom. The lowest BCUT2D eigenvalue weighted by molar-refractivity contribution is 0.248. The molecule has 0 saturated heterocycles. The molecule has 66 valence electrons. The van der Waals surface area contributed by atoms with Gasteiger partial charge >= 0.3 is 0 Å². The number of nitrogens with zero attached hydrogens (tertiary/aromatic N) is 2. The third kappa shape index (κ3) is 1.31. The number of nitriles is 1. The maximum atomic E-state index is 8.73. The molecule has 0 aliphatic carbocycles. The first-order valence-corrected chi connectivity index (χ1v) is 4.17. The summed E-state index contributed by atoms with van der Waals surface area (Å²) in [5.74, 6) is 0.794. The lowest BCUT2D eigenvalue weighted by atomic mass is 10.2. The van der Waals surface area contributed by atoms with E-state index in [-0.39, 0.29) is 6.10 Å². The van der Waals surface area contributed by atoms with Gasteiger partial charge in [0.15, 0.2) is 0 Å². The standard InChI is InChI=1S/C10H10N2O/c1-12-7-8(6-11)13-10-5-3-2-4-9(10)12/h2-5,8H,7H2,1H3/t8-/m1/s1. The average Bonchev–Trinajstić information content (AvgIpc) is 2.18. The van der Waals surface area contributed by atoms with Crippen molar-refractivity contribution in [3.8, 4) is 11.8 Å². The normalized spacial score (nSPS) is 20.0. The zero-order valence-electron chi connectivity index (χ0n) is 7.40. The predicted octanol–water partition coefficient (Wildman–Crippen LogP) is 1.41. The average molecular weight is 174 g/mol. The minimum atomic E-state index is -0.347. The Bertz CT molecular complexity index is 356. The molecule has 1 atom stereocenters. The fourth-order valence-corrected chi connectivity index (χ4v) is 1.48. The Morgan fingerprint density at radius 3 is 3.08 bits per heavy atom.